The molecule has 0 unspecified atom stereocenters. The third-order valence-electron chi connectivity index (χ3n) is 3.01. The SMILES string of the molecule is COC(=O)c1ccc(C(=O)OC)c(NC(=O)CSc2nncc(=O)[nH]2)c1. The molecule has 1 aromatic carbocycles. The molecule has 0 saturated carbocycles. The van der Waals surface area contributed by atoms with Gasteiger partial charge < -0.3 is 14.8 Å². The number of nitrogens with zero attached hydrogens (tertiary/aromatic N) is 2. The number of hydrogen-bond acceptors (Lipinski definition) is 9. The monoisotopic (exact) mass is 378 g/mol. The molecule has 2 rings (SSSR count). The van der Waals surface area contributed by atoms with Crippen LogP contribution in [0.1, 0.15) is 20.7 Å². The van der Waals surface area contributed by atoms with Crippen molar-refractivity contribution in [3.63, 3.8) is 0 Å². The highest BCUT2D eigenvalue weighted by Gasteiger charge is 2.17. The first kappa shape index (κ1) is 19.1. The summed E-state index contributed by atoms with van der Waals surface area (Å²) in [6, 6.07) is 4.04. The van der Waals surface area contributed by atoms with Gasteiger partial charge in [-0.1, -0.05) is 11.8 Å². The van der Waals surface area contributed by atoms with E-state index in [2.05, 4.69) is 30.0 Å². The Labute approximate surface area is 151 Å². The topological polar surface area (TPSA) is 140 Å². The maximum absolute atomic E-state index is 12.1. The summed E-state index contributed by atoms with van der Waals surface area (Å²) in [6.45, 7) is 0. The first-order chi connectivity index (χ1) is 12.4. The molecule has 1 aromatic heterocycles. The molecule has 0 aliphatic carbocycles. The molecule has 26 heavy (non-hydrogen) atoms. The summed E-state index contributed by atoms with van der Waals surface area (Å²) >= 11 is 0.948. The van der Waals surface area contributed by atoms with Gasteiger partial charge in [-0.3, -0.25) is 14.6 Å². The maximum Gasteiger partial charge on any atom is 0.339 e. The fourth-order valence-electron chi connectivity index (χ4n) is 1.86. The second-order valence-corrected chi connectivity index (χ2v) is 5.68. The van der Waals surface area contributed by atoms with Crippen molar-refractivity contribution in [2.24, 2.45) is 0 Å². The number of amides is 1. The van der Waals surface area contributed by atoms with Gasteiger partial charge in [0, 0.05) is 0 Å². The molecular weight excluding hydrogens is 364 g/mol. The van der Waals surface area contributed by atoms with Crippen LogP contribution in [0.4, 0.5) is 5.69 Å². The molecule has 0 radical (unpaired) electrons. The van der Waals surface area contributed by atoms with Crippen LogP contribution in [0.5, 0.6) is 0 Å². The van der Waals surface area contributed by atoms with E-state index >= 15 is 0 Å². The summed E-state index contributed by atoms with van der Waals surface area (Å²) in [5.74, 6) is -1.91. The molecule has 0 fully saturated rings. The van der Waals surface area contributed by atoms with Gasteiger partial charge in [0.25, 0.3) is 5.56 Å². The van der Waals surface area contributed by atoms with E-state index in [1.54, 1.807) is 0 Å². The number of rotatable bonds is 6. The lowest BCUT2D eigenvalue weighted by atomic mass is 10.1. The second kappa shape index (κ2) is 8.76. The van der Waals surface area contributed by atoms with Gasteiger partial charge >= 0.3 is 11.9 Å². The lowest BCUT2D eigenvalue weighted by Crippen LogP contribution is -2.18. The number of aromatic nitrogens is 3. The number of aromatic amines is 1. The molecule has 0 aliphatic heterocycles. The molecule has 0 atom stereocenters. The standard InChI is InChI=1S/C15H14N4O6S/c1-24-13(22)8-3-4-9(14(23)25-2)10(5-8)17-12(21)7-26-15-18-11(20)6-16-19-15/h3-6H,7H2,1-2H3,(H,17,21)(H,18,19,20). The smallest absolute Gasteiger partial charge is 0.339 e. The third kappa shape index (κ3) is 4.89. The predicted molar refractivity (Wildman–Crippen MR) is 91.1 cm³/mol. The number of methoxy groups -OCH3 is 2. The van der Waals surface area contributed by atoms with Crippen molar-refractivity contribution < 1.29 is 23.9 Å². The van der Waals surface area contributed by atoms with Gasteiger partial charge in [-0.25, -0.2) is 9.59 Å². The van der Waals surface area contributed by atoms with Gasteiger partial charge in [0.05, 0.1) is 36.8 Å². The Morgan fingerprint density at radius 1 is 1.19 bits per heavy atom. The molecular formula is C15H14N4O6S. The van der Waals surface area contributed by atoms with Crippen LogP contribution in [0.2, 0.25) is 0 Å². The lowest BCUT2D eigenvalue weighted by molar-refractivity contribution is -0.113. The van der Waals surface area contributed by atoms with Crippen LogP contribution in [0.15, 0.2) is 34.3 Å². The van der Waals surface area contributed by atoms with Gasteiger partial charge in [0.2, 0.25) is 5.91 Å². The molecule has 2 N–H and O–H groups in total. The molecule has 0 bridgehead atoms. The average molecular weight is 378 g/mol. The van der Waals surface area contributed by atoms with E-state index < -0.39 is 23.4 Å². The van der Waals surface area contributed by atoms with Crippen molar-refractivity contribution in [2.75, 3.05) is 25.3 Å². The Morgan fingerprint density at radius 2 is 1.92 bits per heavy atom. The summed E-state index contributed by atoms with van der Waals surface area (Å²) in [5.41, 5.74) is -0.118. The van der Waals surface area contributed by atoms with Gasteiger partial charge in [-0.15, -0.1) is 5.10 Å². The Morgan fingerprint density at radius 3 is 2.58 bits per heavy atom. The van der Waals surface area contributed by atoms with Crippen LogP contribution in [-0.2, 0) is 14.3 Å². The highest BCUT2D eigenvalue weighted by Crippen LogP contribution is 2.20. The number of esters is 2. The lowest BCUT2D eigenvalue weighted by Gasteiger charge is -2.11. The van der Waals surface area contributed by atoms with E-state index in [4.69, 9.17) is 0 Å². The van der Waals surface area contributed by atoms with E-state index in [0.29, 0.717) is 0 Å². The van der Waals surface area contributed by atoms with Crippen LogP contribution >= 0.6 is 11.8 Å². The summed E-state index contributed by atoms with van der Waals surface area (Å²) in [5, 5.41) is 9.84. The van der Waals surface area contributed by atoms with Gasteiger partial charge in [0.1, 0.15) is 6.20 Å². The number of benzene rings is 1. The van der Waals surface area contributed by atoms with Crippen LogP contribution in [0, 0.1) is 0 Å². The van der Waals surface area contributed by atoms with Crippen molar-refractivity contribution in [1.29, 1.82) is 0 Å². The predicted octanol–water partition coefficient (Wildman–Crippen LogP) is 0.469. The zero-order valence-electron chi connectivity index (χ0n) is 13.8. The number of anilines is 1. The first-order valence-corrected chi connectivity index (χ1v) is 8.08. The molecule has 1 heterocycles. The molecule has 0 spiro atoms. The highest BCUT2D eigenvalue weighted by atomic mass is 32.2. The number of carbonyl (C=O) groups is 3. The summed E-state index contributed by atoms with van der Waals surface area (Å²) < 4.78 is 9.28. The Hall–Kier alpha value is -3.21. The first-order valence-electron chi connectivity index (χ1n) is 7.10. The van der Waals surface area contributed by atoms with Crippen LogP contribution in [0.3, 0.4) is 0 Å². The fourth-order valence-corrected chi connectivity index (χ4v) is 2.48. The molecule has 11 heteroatoms. The van der Waals surface area contributed by atoms with E-state index in [-0.39, 0.29) is 27.7 Å². The molecule has 0 saturated heterocycles. The Kier molecular flexibility index (Phi) is 6.44. The van der Waals surface area contributed by atoms with Crippen molar-refractivity contribution in [3.05, 3.63) is 45.9 Å². The number of nitrogens with one attached hydrogen (secondary N) is 2. The minimum absolute atomic E-state index is 0.0754. The quantitative estimate of drug-likeness (QED) is 0.542. The van der Waals surface area contributed by atoms with Gasteiger partial charge in [-0.05, 0) is 18.2 Å². The third-order valence-corrected chi connectivity index (χ3v) is 3.88. The van der Waals surface area contributed by atoms with E-state index in [1.807, 2.05) is 0 Å². The van der Waals surface area contributed by atoms with Crippen LogP contribution < -0.4 is 10.9 Å². The van der Waals surface area contributed by atoms with Crippen LogP contribution in [-0.4, -0.2) is 53.0 Å². The minimum Gasteiger partial charge on any atom is -0.465 e. The zero-order valence-corrected chi connectivity index (χ0v) is 14.6. The number of ether oxygens (including phenoxy) is 2. The van der Waals surface area contributed by atoms with Crippen molar-refractivity contribution in [3.8, 4) is 0 Å². The van der Waals surface area contributed by atoms with Crippen LogP contribution in [0.25, 0.3) is 0 Å². The molecule has 136 valence electrons. The molecule has 10 nitrogen and oxygen atoms in total. The number of hydrogen-bond donors (Lipinski definition) is 2. The molecule has 0 aliphatic rings. The average Bonchev–Trinajstić information content (AvgIpc) is 2.65. The number of carbonyl (C=O) groups excluding carboxylic acids is 3. The van der Waals surface area contributed by atoms with E-state index in [0.717, 1.165) is 18.0 Å². The number of H-pyrrole nitrogens is 1. The summed E-state index contributed by atoms with van der Waals surface area (Å²) in [6.07, 6.45) is 1.01. The normalized spacial score (nSPS) is 10.1. The van der Waals surface area contributed by atoms with Crippen molar-refractivity contribution >= 4 is 35.3 Å². The zero-order chi connectivity index (χ0) is 19.1. The molecule has 2 aromatic rings. The fraction of sp³-hybridized carbons (Fsp3) is 0.200. The Bertz CT molecular complexity index is 898. The highest BCUT2D eigenvalue weighted by molar-refractivity contribution is 7.99. The summed E-state index contributed by atoms with van der Waals surface area (Å²) in [4.78, 5) is 49.2. The van der Waals surface area contributed by atoms with Crippen molar-refractivity contribution in [1.82, 2.24) is 15.2 Å². The number of thioether (sulfide) groups is 1. The largest absolute Gasteiger partial charge is 0.465 e. The van der Waals surface area contributed by atoms with Gasteiger partial charge in [0.15, 0.2) is 5.16 Å². The van der Waals surface area contributed by atoms with E-state index in [9.17, 15) is 19.2 Å². The minimum atomic E-state index is -0.678. The van der Waals surface area contributed by atoms with Crippen molar-refractivity contribution in [2.45, 2.75) is 5.16 Å². The van der Waals surface area contributed by atoms with Gasteiger partial charge in [-0.2, -0.15) is 5.10 Å². The molecule has 1 amide bonds. The summed E-state index contributed by atoms with van der Waals surface area (Å²) in [7, 11) is 2.41. The Balaban J connectivity index is 2.16. The maximum atomic E-state index is 12.1. The van der Waals surface area contributed by atoms with E-state index in [1.165, 1.54) is 32.4 Å². The second-order valence-electron chi connectivity index (χ2n) is 4.72.